The molecule has 0 unspecified atom stereocenters. The lowest BCUT2D eigenvalue weighted by molar-refractivity contribution is 0.102. The summed E-state index contributed by atoms with van der Waals surface area (Å²) in [6, 6.07) is 10.2. The van der Waals surface area contributed by atoms with Gasteiger partial charge >= 0.3 is 0 Å². The van der Waals surface area contributed by atoms with Crippen LogP contribution < -0.4 is 5.32 Å². The summed E-state index contributed by atoms with van der Waals surface area (Å²) in [5.74, 6) is -0.504. The Kier molecular flexibility index (Phi) is 6.58. The Balaban J connectivity index is 1.86. The van der Waals surface area contributed by atoms with Crippen LogP contribution in [0.5, 0.6) is 0 Å². The van der Waals surface area contributed by atoms with Gasteiger partial charge in [-0.25, -0.2) is 17.7 Å². The molecule has 0 bridgehead atoms. The van der Waals surface area contributed by atoms with Gasteiger partial charge in [-0.05, 0) is 48.7 Å². The summed E-state index contributed by atoms with van der Waals surface area (Å²) in [5.41, 5.74) is 2.13. The van der Waals surface area contributed by atoms with Crippen molar-refractivity contribution in [1.82, 2.24) is 9.29 Å². The number of thiazole rings is 1. The molecule has 1 heterocycles. The molecule has 0 spiro atoms. The number of aryl methyl sites for hydroxylation is 1. The molecule has 1 N–H and O–H groups in total. The molecular formula is C20H22ClN3O3S2. The van der Waals surface area contributed by atoms with Gasteiger partial charge in [0.1, 0.15) is 0 Å². The molecule has 0 fully saturated rings. The molecule has 1 amide bonds. The molecule has 154 valence electrons. The van der Waals surface area contributed by atoms with Crippen LogP contribution in [0.25, 0.3) is 10.2 Å². The monoisotopic (exact) mass is 451 g/mol. The molecule has 0 saturated heterocycles. The summed E-state index contributed by atoms with van der Waals surface area (Å²) in [7, 11) is -0.814. The molecule has 0 atom stereocenters. The molecular weight excluding hydrogens is 430 g/mol. The van der Waals surface area contributed by atoms with Gasteiger partial charge in [-0.1, -0.05) is 42.3 Å². The van der Waals surface area contributed by atoms with Crippen molar-refractivity contribution in [2.45, 2.75) is 31.1 Å². The number of fused-ring (bicyclic) bond motifs is 1. The first-order valence-electron chi connectivity index (χ1n) is 9.15. The van der Waals surface area contributed by atoms with Gasteiger partial charge in [-0.3, -0.25) is 10.1 Å². The van der Waals surface area contributed by atoms with Gasteiger partial charge in [0.2, 0.25) is 10.0 Å². The molecule has 6 nitrogen and oxygen atoms in total. The summed E-state index contributed by atoms with van der Waals surface area (Å²) in [5, 5.41) is 3.34. The van der Waals surface area contributed by atoms with E-state index in [4.69, 9.17) is 11.6 Å². The number of nitrogens with one attached hydrogen (secondary N) is 1. The van der Waals surface area contributed by atoms with Crippen molar-refractivity contribution in [3.05, 3.63) is 52.5 Å². The fraction of sp³-hybridized carbons (Fsp3) is 0.300. The molecule has 0 aliphatic rings. The topological polar surface area (TPSA) is 79.4 Å². The second kappa shape index (κ2) is 8.79. The van der Waals surface area contributed by atoms with Crippen molar-refractivity contribution >= 4 is 54.2 Å². The molecule has 9 heteroatoms. The minimum atomic E-state index is -3.67. The second-order valence-electron chi connectivity index (χ2n) is 6.81. The normalized spacial score (nSPS) is 11.9. The lowest BCUT2D eigenvalue weighted by Crippen LogP contribution is -2.23. The molecule has 3 rings (SSSR count). The van der Waals surface area contributed by atoms with Gasteiger partial charge in [0, 0.05) is 14.1 Å². The summed E-state index contributed by atoms with van der Waals surface area (Å²) in [4.78, 5) is 17.2. The van der Waals surface area contributed by atoms with Gasteiger partial charge in [-0.2, -0.15) is 0 Å². The van der Waals surface area contributed by atoms with Crippen molar-refractivity contribution < 1.29 is 13.2 Å². The molecule has 0 aliphatic heterocycles. The SMILES string of the molecule is CCCCc1ccc2nc(NC(=O)c3cc(S(=O)(=O)N(C)C)ccc3Cl)sc2c1. The highest BCUT2D eigenvalue weighted by molar-refractivity contribution is 7.89. The van der Waals surface area contributed by atoms with Crippen molar-refractivity contribution in [3.63, 3.8) is 0 Å². The lowest BCUT2D eigenvalue weighted by Gasteiger charge is -2.13. The minimum absolute atomic E-state index is 0.00177. The molecule has 0 saturated carbocycles. The predicted octanol–water partition coefficient (Wildman–Crippen LogP) is 4.79. The van der Waals surface area contributed by atoms with Crippen LogP contribution >= 0.6 is 22.9 Å². The third kappa shape index (κ3) is 4.78. The first kappa shape index (κ1) is 21.7. The highest BCUT2D eigenvalue weighted by Gasteiger charge is 2.21. The number of amides is 1. The first-order valence-corrected chi connectivity index (χ1v) is 11.8. The Morgan fingerprint density at radius 1 is 1.21 bits per heavy atom. The third-order valence-electron chi connectivity index (χ3n) is 4.45. The van der Waals surface area contributed by atoms with E-state index < -0.39 is 15.9 Å². The number of nitrogens with zero attached hydrogens (tertiary/aromatic N) is 2. The third-order valence-corrected chi connectivity index (χ3v) is 7.53. The van der Waals surface area contributed by atoms with Crippen molar-refractivity contribution in [2.75, 3.05) is 19.4 Å². The maximum Gasteiger partial charge on any atom is 0.259 e. The molecule has 29 heavy (non-hydrogen) atoms. The van der Waals surface area contributed by atoms with E-state index in [9.17, 15) is 13.2 Å². The Bertz CT molecular complexity index is 1160. The number of hydrogen-bond acceptors (Lipinski definition) is 5. The quantitative estimate of drug-likeness (QED) is 0.559. The Hall–Kier alpha value is -2.00. The van der Waals surface area contributed by atoms with Gasteiger partial charge in [0.25, 0.3) is 5.91 Å². The molecule has 2 aromatic carbocycles. The van der Waals surface area contributed by atoms with Crippen LogP contribution in [0.4, 0.5) is 5.13 Å². The Labute approximate surface area is 179 Å². The van der Waals surface area contributed by atoms with Crippen LogP contribution in [0, 0.1) is 0 Å². The van der Waals surface area contributed by atoms with Gasteiger partial charge in [0.05, 0.1) is 25.7 Å². The van der Waals surface area contributed by atoms with Crippen molar-refractivity contribution in [1.29, 1.82) is 0 Å². The summed E-state index contributed by atoms with van der Waals surface area (Å²) in [6.45, 7) is 2.16. The van der Waals surface area contributed by atoms with Crippen LogP contribution in [0.3, 0.4) is 0 Å². The predicted molar refractivity (Wildman–Crippen MR) is 119 cm³/mol. The number of unbranched alkanes of at least 4 members (excludes halogenated alkanes) is 1. The molecule has 1 aromatic heterocycles. The highest BCUT2D eigenvalue weighted by Crippen LogP contribution is 2.29. The van der Waals surface area contributed by atoms with E-state index in [1.54, 1.807) is 0 Å². The molecule has 3 aromatic rings. The van der Waals surface area contributed by atoms with Gasteiger partial charge < -0.3 is 0 Å². The van der Waals surface area contributed by atoms with Crippen LogP contribution in [0.2, 0.25) is 5.02 Å². The Morgan fingerprint density at radius 2 is 1.97 bits per heavy atom. The fourth-order valence-corrected chi connectivity index (χ4v) is 4.83. The van der Waals surface area contributed by atoms with Gasteiger partial charge in [-0.15, -0.1) is 0 Å². The number of aromatic nitrogens is 1. The summed E-state index contributed by atoms with van der Waals surface area (Å²) >= 11 is 7.52. The minimum Gasteiger partial charge on any atom is -0.298 e. The van der Waals surface area contributed by atoms with E-state index in [2.05, 4.69) is 29.4 Å². The van der Waals surface area contributed by atoms with Gasteiger partial charge in [0.15, 0.2) is 5.13 Å². The standard InChI is InChI=1S/C20H22ClN3O3S2/c1-4-5-6-13-7-10-17-18(11-13)28-20(22-17)23-19(25)15-12-14(8-9-16(15)21)29(26,27)24(2)3/h7-12H,4-6H2,1-3H3,(H,22,23,25). The maximum absolute atomic E-state index is 12.7. The summed E-state index contributed by atoms with van der Waals surface area (Å²) in [6.07, 6.45) is 3.26. The number of hydrogen-bond donors (Lipinski definition) is 1. The number of sulfonamides is 1. The van der Waals surface area contributed by atoms with Crippen LogP contribution in [0.1, 0.15) is 35.7 Å². The number of carbonyl (C=O) groups is 1. The first-order chi connectivity index (χ1) is 13.7. The largest absolute Gasteiger partial charge is 0.298 e. The van der Waals surface area contributed by atoms with E-state index in [1.807, 2.05) is 6.07 Å². The van der Waals surface area contributed by atoms with Crippen LogP contribution in [0.15, 0.2) is 41.3 Å². The van der Waals surface area contributed by atoms with Crippen molar-refractivity contribution in [3.8, 4) is 0 Å². The van der Waals surface area contributed by atoms with Crippen molar-refractivity contribution in [2.24, 2.45) is 0 Å². The van der Waals surface area contributed by atoms with Crippen LogP contribution in [-0.4, -0.2) is 37.7 Å². The molecule has 0 radical (unpaired) electrons. The second-order valence-corrected chi connectivity index (χ2v) is 10.4. The lowest BCUT2D eigenvalue weighted by atomic mass is 10.1. The average Bonchev–Trinajstić information content (AvgIpc) is 3.07. The maximum atomic E-state index is 12.7. The zero-order chi connectivity index (χ0) is 21.2. The fourth-order valence-electron chi connectivity index (χ4n) is 2.77. The number of benzene rings is 2. The van der Waals surface area contributed by atoms with E-state index >= 15 is 0 Å². The number of rotatable bonds is 7. The van der Waals surface area contributed by atoms with E-state index in [0.717, 1.165) is 33.8 Å². The number of halogens is 1. The summed E-state index contributed by atoms with van der Waals surface area (Å²) < 4.78 is 26.8. The number of anilines is 1. The Morgan fingerprint density at radius 3 is 2.66 bits per heavy atom. The van der Waals surface area contributed by atoms with Crippen LogP contribution in [-0.2, 0) is 16.4 Å². The van der Waals surface area contributed by atoms with E-state index in [0.29, 0.717) is 5.13 Å². The highest BCUT2D eigenvalue weighted by atomic mass is 35.5. The zero-order valence-corrected chi connectivity index (χ0v) is 18.8. The van der Waals surface area contributed by atoms with E-state index in [1.165, 1.54) is 49.2 Å². The number of carbonyl (C=O) groups excluding carboxylic acids is 1. The average molecular weight is 452 g/mol. The molecule has 0 aliphatic carbocycles. The van der Waals surface area contributed by atoms with E-state index in [-0.39, 0.29) is 15.5 Å². The smallest absolute Gasteiger partial charge is 0.259 e. The zero-order valence-electron chi connectivity index (χ0n) is 16.4.